The fourth-order valence-electron chi connectivity index (χ4n) is 2.77. The number of nitrogens with one attached hydrogen (secondary N) is 2. The van der Waals surface area contributed by atoms with Gasteiger partial charge in [-0.2, -0.15) is 4.98 Å². The molecule has 1 amide bonds. The Morgan fingerprint density at radius 3 is 2.10 bits per heavy atom. The predicted octanol–water partition coefficient (Wildman–Crippen LogP) is 3.40. The Morgan fingerprint density at radius 1 is 0.933 bits per heavy atom. The van der Waals surface area contributed by atoms with Gasteiger partial charge in [-0.05, 0) is 19.1 Å². The number of primary amides is 1. The first-order valence-corrected chi connectivity index (χ1v) is 9.02. The van der Waals surface area contributed by atoms with Crippen molar-refractivity contribution < 1.29 is 19.0 Å². The minimum atomic E-state index is -0.635. The summed E-state index contributed by atoms with van der Waals surface area (Å²) in [4.78, 5) is 20.4. The summed E-state index contributed by atoms with van der Waals surface area (Å²) in [6.07, 6.45) is 1.37. The van der Waals surface area contributed by atoms with Crippen molar-refractivity contribution in [3.8, 4) is 17.2 Å². The van der Waals surface area contributed by atoms with Crippen LogP contribution in [0.3, 0.4) is 0 Å². The monoisotopic (exact) mass is 409 g/mol. The van der Waals surface area contributed by atoms with Gasteiger partial charge in [0.1, 0.15) is 11.4 Å². The average Bonchev–Trinajstić information content (AvgIpc) is 2.74. The number of ether oxygens (including phenoxy) is 3. The minimum absolute atomic E-state index is 0.172. The second-order valence-corrected chi connectivity index (χ2v) is 6.35. The Morgan fingerprint density at radius 2 is 1.57 bits per heavy atom. The van der Waals surface area contributed by atoms with E-state index in [-0.39, 0.29) is 17.3 Å². The number of aryl methyl sites for hydroxylation is 1. The number of methoxy groups -OCH3 is 3. The number of aromatic nitrogens is 2. The number of nitrogens with zero attached hydrogens (tertiary/aromatic N) is 2. The predicted molar refractivity (Wildman–Crippen MR) is 114 cm³/mol. The van der Waals surface area contributed by atoms with Crippen LogP contribution in [0.1, 0.15) is 15.9 Å². The summed E-state index contributed by atoms with van der Waals surface area (Å²) >= 11 is 0. The first-order valence-electron chi connectivity index (χ1n) is 9.02. The van der Waals surface area contributed by atoms with E-state index in [1.54, 1.807) is 12.1 Å². The molecule has 9 nitrogen and oxygen atoms in total. The van der Waals surface area contributed by atoms with E-state index in [1.165, 1.54) is 27.5 Å². The molecule has 0 saturated heterocycles. The van der Waals surface area contributed by atoms with Crippen LogP contribution >= 0.6 is 0 Å². The molecule has 4 N–H and O–H groups in total. The molecule has 1 aromatic heterocycles. The summed E-state index contributed by atoms with van der Waals surface area (Å²) in [6.45, 7) is 1.99. The molecular formula is C21H23N5O4. The zero-order valence-corrected chi connectivity index (χ0v) is 17.1. The summed E-state index contributed by atoms with van der Waals surface area (Å²) in [7, 11) is 4.59. The maximum Gasteiger partial charge on any atom is 0.254 e. The molecule has 0 radical (unpaired) electrons. The lowest BCUT2D eigenvalue weighted by Crippen LogP contribution is -2.15. The maximum atomic E-state index is 11.8. The van der Waals surface area contributed by atoms with Crippen molar-refractivity contribution in [3.05, 3.63) is 53.7 Å². The van der Waals surface area contributed by atoms with Crippen molar-refractivity contribution in [1.82, 2.24) is 9.97 Å². The highest BCUT2D eigenvalue weighted by Crippen LogP contribution is 2.40. The van der Waals surface area contributed by atoms with E-state index in [9.17, 15) is 4.79 Å². The average molecular weight is 409 g/mol. The Kier molecular flexibility index (Phi) is 6.21. The smallest absolute Gasteiger partial charge is 0.254 e. The van der Waals surface area contributed by atoms with E-state index in [4.69, 9.17) is 19.9 Å². The van der Waals surface area contributed by atoms with Crippen LogP contribution in [0, 0.1) is 6.92 Å². The van der Waals surface area contributed by atoms with Gasteiger partial charge in [-0.25, -0.2) is 4.98 Å². The normalized spacial score (nSPS) is 10.3. The van der Waals surface area contributed by atoms with E-state index >= 15 is 0 Å². The lowest BCUT2D eigenvalue weighted by atomic mass is 10.2. The highest BCUT2D eigenvalue weighted by molar-refractivity contribution is 5.98. The fraction of sp³-hybridized carbons (Fsp3) is 0.190. The van der Waals surface area contributed by atoms with E-state index in [1.807, 2.05) is 31.2 Å². The van der Waals surface area contributed by atoms with E-state index in [0.29, 0.717) is 22.9 Å². The van der Waals surface area contributed by atoms with Gasteiger partial charge in [0.15, 0.2) is 11.5 Å². The standard InChI is InChI=1S/C21H23N5O4/c1-12-5-7-13(8-6-12)24-20-15(19(22)27)11-23-21(26-20)25-14-9-16(28-2)18(30-4)17(10-14)29-3/h5-11H,1-4H3,(H2,22,27)(H2,23,24,25,26). The second kappa shape index (κ2) is 8.99. The molecule has 0 aliphatic carbocycles. The van der Waals surface area contributed by atoms with Crippen LogP contribution in [-0.2, 0) is 0 Å². The van der Waals surface area contributed by atoms with Crippen LogP contribution in [0.15, 0.2) is 42.6 Å². The topological polar surface area (TPSA) is 121 Å². The Labute approximate surface area is 174 Å². The van der Waals surface area contributed by atoms with Gasteiger partial charge in [-0.1, -0.05) is 17.7 Å². The highest BCUT2D eigenvalue weighted by atomic mass is 16.5. The molecule has 1 heterocycles. The first kappa shape index (κ1) is 20.7. The van der Waals surface area contributed by atoms with Gasteiger partial charge in [-0.15, -0.1) is 0 Å². The number of amides is 1. The number of hydrogen-bond acceptors (Lipinski definition) is 8. The molecule has 156 valence electrons. The zero-order chi connectivity index (χ0) is 21.7. The van der Waals surface area contributed by atoms with Crippen LogP contribution in [-0.4, -0.2) is 37.2 Å². The van der Waals surface area contributed by atoms with Gasteiger partial charge in [0.2, 0.25) is 11.7 Å². The van der Waals surface area contributed by atoms with Gasteiger partial charge < -0.3 is 30.6 Å². The molecular weight excluding hydrogens is 386 g/mol. The van der Waals surface area contributed by atoms with E-state index in [0.717, 1.165) is 11.3 Å². The summed E-state index contributed by atoms with van der Waals surface area (Å²) < 4.78 is 16.1. The SMILES string of the molecule is COc1cc(Nc2ncc(C(N)=O)c(Nc3ccc(C)cc3)n2)cc(OC)c1OC. The molecule has 9 heteroatoms. The third-order valence-corrected chi connectivity index (χ3v) is 4.29. The maximum absolute atomic E-state index is 11.8. The number of carbonyl (C=O) groups excluding carboxylic acids is 1. The molecule has 0 aliphatic rings. The zero-order valence-electron chi connectivity index (χ0n) is 17.1. The Bertz CT molecular complexity index is 1030. The second-order valence-electron chi connectivity index (χ2n) is 6.35. The van der Waals surface area contributed by atoms with Crippen molar-refractivity contribution in [2.45, 2.75) is 6.92 Å². The molecule has 0 spiro atoms. The Balaban J connectivity index is 1.95. The molecule has 0 saturated carbocycles. The van der Waals surface area contributed by atoms with Gasteiger partial charge in [0.25, 0.3) is 5.91 Å². The minimum Gasteiger partial charge on any atom is -0.493 e. The van der Waals surface area contributed by atoms with Crippen LogP contribution in [0.2, 0.25) is 0 Å². The molecule has 3 rings (SSSR count). The number of anilines is 4. The van der Waals surface area contributed by atoms with Gasteiger partial charge in [-0.3, -0.25) is 4.79 Å². The largest absolute Gasteiger partial charge is 0.493 e. The lowest BCUT2D eigenvalue weighted by Gasteiger charge is -2.15. The molecule has 0 bridgehead atoms. The summed E-state index contributed by atoms with van der Waals surface area (Å²) in [5, 5.41) is 6.19. The highest BCUT2D eigenvalue weighted by Gasteiger charge is 2.16. The number of nitrogens with two attached hydrogens (primary N) is 1. The molecule has 0 aliphatic heterocycles. The van der Waals surface area contributed by atoms with Crippen molar-refractivity contribution in [3.63, 3.8) is 0 Å². The first-order chi connectivity index (χ1) is 14.4. The van der Waals surface area contributed by atoms with Crippen molar-refractivity contribution in [2.24, 2.45) is 5.73 Å². The van der Waals surface area contributed by atoms with Crippen LogP contribution < -0.4 is 30.6 Å². The van der Waals surface area contributed by atoms with E-state index < -0.39 is 5.91 Å². The van der Waals surface area contributed by atoms with Gasteiger partial charge in [0, 0.05) is 29.7 Å². The molecule has 0 fully saturated rings. The van der Waals surface area contributed by atoms with Crippen molar-refractivity contribution in [2.75, 3.05) is 32.0 Å². The third-order valence-electron chi connectivity index (χ3n) is 4.29. The summed E-state index contributed by atoms with van der Waals surface area (Å²) in [5.41, 5.74) is 8.14. The molecule has 2 aromatic carbocycles. The third kappa shape index (κ3) is 4.52. The number of rotatable bonds is 8. The molecule has 0 unspecified atom stereocenters. The quantitative estimate of drug-likeness (QED) is 0.518. The summed E-state index contributed by atoms with van der Waals surface area (Å²) in [6, 6.07) is 11.1. The van der Waals surface area contributed by atoms with Gasteiger partial charge in [0.05, 0.1) is 21.3 Å². The van der Waals surface area contributed by atoms with Crippen molar-refractivity contribution >= 4 is 29.0 Å². The number of carbonyl (C=O) groups is 1. The van der Waals surface area contributed by atoms with Gasteiger partial charge >= 0.3 is 0 Å². The number of hydrogen-bond donors (Lipinski definition) is 3. The van der Waals surface area contributed by atoms with Crippen LogP contribution in [0.25, 0.3) is 0 Å². The van der Waals surface area contributed by atoms with Crippen LogP contribution in [0.4, 0.5) is 23.1 Å². The molecule has 30 heavy (non-hydrogen) atoms. The van der Waals surface area contributed by atoms with Crippen molar-refractivity contribution in [1.29, 1.82) is 0 Å². The lowest BCUT2D eigenvalue weighted by molar-refractivity contribution is 0.100. The molecule has 3 aromatic rings. The fourth-order valence-corrected chi connectivity index (χ4v) is 2.77. The number of benzene rings is 2. The Hall–Kier alpha value is -4.01. The summed E-state index contributed by atoms with van der Waals surface area (Å²) in [5.74, 6) is 1.33. The van der Waals surface area contributed by atoms with E-state index in [2.05, 4.69) is 20.6 Å². The van der Waals surface area contributed by atoms with Crippen LogP contribution in [0.5, 0.6) is 17.2 Å². The molecule has 0 atom stereocenters.